The summed E-state index contributed by atoms with van der Waals surface area (Å²) >= 11 is 0. The van der Waals surface area contributed by atoms with E-state index in [1.54, 1.807) is 0 Å². The molecule has 0 heterocycles. The number of unbranched alkanes of at least 4 members (excludes halogenated alkanes) is 9. The van der Waals surface area contributed by atoms with Crippen molar-refractivity contribution in [3.8, 4) is 0 Å². The fourth-order valence-corrected chi connectivity index (χ4v) is 2.92. The zero-order chi connectivity index (χ0) is 16.7. The lowest BCUT2D eigenvalue weighted by Crippen LogP contribution is -2.41. The highest BCUT2D eigenvalue weighted by Gasteiger charge is 2.14. The van der Waals surface area contributed by atoms with Crippen molar-refractivity contribution in [2.24, 2.45) is 0 Å². The molecule has 0 aromatic carbocycles. The zero-order valence-corrected chi connectivity index (χ0v) is 15.5. The maximum Gasteiger partial charge on any atom is 0.155 e. The van der Waals surface area contributed by atoms with Crippen LogP contribution < -0.4 is 0 Å². The number of carbonyl (C=O) groups excluding carboxylic acids is 1. The molecule has 0 bridgehead atoms. The summed E-state index contributed by atoms with van der Waals surface area (Å²) in [5.41, 5.74) is 0. The normalized spacial score (nSPS) is 11.6. The number of hydrogen-bond donors (Lipinski definition) is 0. The summed E-state index contributed by atoms with van der Waals surface area (Å²) < 4.78 is 1.04. The third-order valence-corrected chi connectivity index (χ3v) is 4.53. The molecule has 2 heteroatoms. The Morgan fingerprint density at radius 3 is 1.77 bits per heavy atom. The van der Waals surface area contributed by atoms with Crippen LogP contribution in [-0.2, 0) is 4.79 Å². The Morgan fingerprint density at radius 2 is 1.27 bits per heavy atom. The Hall–Kier alpha value is -0.630. The van der Waals surface area contributed by atoms with Crippen molar-refractivity contribution in [3.05, 3.63) is 12.7 Å². The minimum atomic E-state index is 0.180. The highest BCUT2D eigenvalue weighted by Crippen LogP contribution is 2.12. The van der Waals surface area contributed by atoms with E-state index in [1.165, 1.54) is 76.8 Å². The minimum absolute atomic E-state index is 0.180. The van der Waals surface area contributed by atoms with E-state index in [0.29, 0.717) is 6.42 Å². The maximum atomic E-state index is 11.2. The molecule has 22 heavy (non-hydrogen) atoms. The third kappa shape index (κ3) is 14.3. The molecule has 0 aromatic heterocycles. The molecule has 0 N–H and O–H groups in total. The van der Waals surface area contributed by atoms with Crippen LogP contribution in [-0.4, -0.2) is 37.5 Å². The largest absolute Gasteiger partial charge is 0.328 e. The van der Waals surface area contributed by atoms with Gasteiger partial charge in [0.2, 0.25) is 0 Å². The summed E-state index contributed by atoms with van der Waals surface area (Å²) in [5, 5.41) is 0. The van der Waals surface area contributed by atoms with Gasteiger partial charge in [-0.25, -0.2) is 0 Å². The molecule has 0 spiro atoms. The molecule has 0 fully saturated rings. The van der Waals surface area contributed by atoms with Crippen LogP contribution in [0, 0.1) is 0 Å². The molecule has 0 radical (unpaired) electrons. The van der Waals surface area contributed by atoms with Crippen molar-refractivity contribution in [2.75, 3.05) is 27.2 Å². The van der Waals surface area contributed by atoms with Gasteiger partial charge in [0.15, 0.2) is 5.78 Å². The van der Waals surface area contributed by atoms with E-state index in [9.17, 15) is 4.79 Å². The van der Waals surface area contributed by atoms with Gasteiger partial charge in [0.05, 0.1) is 27.2 Å². The first-order valence-electron chi connectivity index (χ1n) is 9.49. The van der Waals surface area contributed by atoms with Crippen molar-refractivity contribution in [1.82, 2.24) is 0 Å². The Labute approximate surface area is 139 Å². The second-order valence-corrected chi connectivity index (χ2v) is 7.34. The fourth-order valence-electron chi connectivity index (χ4n) is 2.92. The lowest BCUT2D eigenvalue weighted by Gasteiger charge is -2.29. The van der Waals surface area contributed by atoms with Gasteiger partial charge in [-0.2, -0.15) is 0 Å². The molecule has 0 aromatic rings. The van der Waals surface area contributed by atoms with Crippen LogP contribution in [0.4, 0.5) is 0 Å². The van der Waals surface area contributed by atoms with Crippen LogP contribution in [0.25, 0.3) is 0 Å². The van der Waals surface area contributed by atoms with Gasteiger partial charge in [-0.3, -0.25) is 4.79 Å². The first-order valence-corrected chi connectivity index (χ1v) is 9.49. The number of allylic oxidation sites excluding steroid dienone is 1. The van der Waals surface area contributed by atoms with Crippen LogP contribution in [0.1, 0.15) is 84.0 Å². The van der Waals surface area contributed by atoms with Crippen LogP contribution in [0.2, 0.25) is 0 Å². The number of ketones is 1. The van der Waals surface area contributed by atoms with Crippen molar-refractivity contribution >= 4 is 5.78 Å². The van der Waals surface area contributed by atoms with Crippen LogP contribution in [0.3, 0.4) is 0 Å². The van der Waals surface area contributed by atoms with Gasteiger partial charge in [-0.05, 0) is 18.9 Å². The van der Waals surface area contributed by atoms with Gasteiger partial charge in [0.25, 0.3) is 0 Å². The maximum absolute atomic E-state index is 11.2. The van der Waals surface area contributed by atoms with Gasteiger partial charge in [0.1, 0.15) is 0 Å². The van der Waals surface area contributed by atoms with Crippen molar-refractivity contribution in [2.45, 2.75) is 84.0 Å². The van der Waals surface area contributed by atoms with E-state index < -0.39 is 0 Å². The van der Waals surface area contributed by atoms with E-state index in [4.69, 9.17) is 0 Å². The quantitative estimate of drug-likeness (QED) is 0.208. The molecule has 0 saturated carbocycles. The molecular weight excluding hydrogens is 270 g/mol. The molecule has 0 aliphatic rings. The molecule has 2 nitrogen and oxygen atoms in total. The Morgan fingerprint density at radius 1 is 0.818 bits per heavy atom. The minimum Gasteiger partial charge on any atom is -0.328 e. The predicted molar refractivity (Wildman–Crippen MR) is 98.1 cm³/mol. The van der Waals surface area contributed by atoms with Gasteiger partial charge < -0.3 is 4.48 Å². The summed E-state index contributed by atoms with van der Waals surface area (Å²) in [7, 11) is 4.57. The molecule has 0 saturated heterocycles. The van der Waals surface area contributed by atoms with E-state index in [0.717, 1.165) is 17.4 Å². The van der Waals surface area contributed by atoms with Gasteiger partial charge >= 0.3 is 0 Å². The molecule has 0 aliphatic heterocycles. The van der Waals surface area contributed by atoms with Crippen molar-refractivity contribution in [1.29, 1.82) is 0 Å². The summed E-state index contributed by atoms with van der Waals surface area (Å²) in [6, 6.07) is 0. The molecule has 0 amide bonds. The van der Waals surface area contributed by atoms with E-state index >= 15 is 0 Å². The summed E-state index contributed by atoms with van der Waals surface area (Å²) in [5.74, 6) is 0.180. The molecule has 130 valence electrons. The first kappa shape index (κ1) is 21.4. The summed E-state index contributed by atoms with van der Waals surface area (Å²) in [6.45, 7) is 8.13. The second-order valence-electron chi connectivity index (χ2n) is 7.34. The van der Waals surface area contributed by atoms with Crippen LogP contribution in [0.5, 0.6) is 0 Å². The molecule has 0 rings (SSSR count). The highest BCUT2D eigenvalue weighted by atomic mass is 16.1. The number of hydrogen-bond acceptors (Lipinski definition) is 1. The number of quaternary nitrogens is 1. The lowest BCUT2D eigenvalue weighted by molar-refractivity contribution is -0.890. The summed E-state index contributed by atoms with van der Waals surface area (Å²) in [4.78, 5) is 11.2. The predicted octanol–water partition coefficient (Wildman–Crippen LogP) is 5.52. The zero-order valence-electron chi connectivity index (χ0n) is 15.5. The Kier molecular flexibility index (Phi) is 13.6. The number of nitrogens with zero attached hydrogens (tertiary/aromatic N) is 1. The van der Waals surface area contributed by atoms with Gasteiger partial charge in [-0.15, -0.1) is 0 Å². The Bertz CT molecular complexity index is 283. The third-order valence-electron chi connectivity index (χ3n) is 4.53. The lowest BCUT2D eigenvalue weighted by atomic mass is 10.1. The van der Waals surface area contributed by atoms with Crippen molar-refractivity contribution < 1.29 is 9.28 Å². The van der Waals surface area contributed by atoms with Gasteiger partial charge in [0, 0.05) is 12.8 Å². The number of carbonyl (C=O) groups is 1. The Balaban J connectivity index is 3.41. The van der Waals surface area contributed by atoms with Crippen LogP contribution >= 0.6 is 0 Å². The van der Waals surface area contributed by atoms with Crippen molar-refractivity contribution in [3.63, 3.8) is 0 Å². The number of rotatable bonds is 16. The average Bonchev–Trinajstić information content (AvgIpc) is 2.48. The average molecular weight is 311 g/mol. The monoisotopic (exact) mass is 310 g/mol. The molecular formula is C20H40NO+. The second kappa shape index (κ2) is 14.0. The SMILES string of the molecule is C=CC(=O)CCC[N+](C)(C)CCCCCCCCCCCC. The first-order chi connectivity index (χ1) is 10.5. The highest BCUT2D eigenvalue weighted by molar-refractivity contribution is 5.88. The smallest absolute Gasteiger partial charge is 0.155 e. The van der Waals surface area contributed by atoms with E-state index in [2.05, 4.69) is 27.6 Å². The molecule has 0 aliphatic carbocycles. The van der Waals surface area contributed by atoms with E-state index in [1.807, 2.05) is 0 Å². The molecule has 0 atom stereocenters. The van der Waals surface area contributed by atoms with Gasteiger partial charge in [-0.1, -0.05) is 64.9 Å². The topological polar surface area (TPSA) is 17.1 Å². The van der Waals surface area contributed by atoms with Crippen LogP contribution in [0.15, 0.2) is 12.7 Å². The summed E-state index contributed by atoms with van der Waals surface area (Å²) in [6.07, 6.45) is 17.0. The molecule has 0 unspecified atom stereocenters. The fraction of sp³-hybridized carbons (Fsp3) is 0.850. The van der Waals surface area contributed by atoms with E-state index in [-0.39, 0.29) is 5.78 Å². The standard InChI is InChI=1S/C20H40NO/c1-5-7-8-9-10-11-12-13-14-15-18-21(3,4)19-16-17-20(22)6-2/h6H,2,5,7-19H2,1,3-4H3/q+1.